The van der Waals surface area contributed by atoms with Gasteiger partial charge in [-0.05, 0) is 45.4 Å². The van der Waals surface area contributed by atoms with Crippen molar-refractivity contribution in [3.63, 3.8) is 0 Å². The molecule has 1 unspecified atom stereocenters. The zero-order valence-corrected chi connectivity index (χ0v) is 14.6. The van der Waals surface area contributed by atoms with Crippen LogP contribution in [0.4, 0.5) is 0 Å². The van der Waals surface area contributed by atoms with Gasteiger partial charge in [-0.25, -0.2) is 4.98 Å². The maximum atomic E-state index is 10.4. The minimum atomic E-state index is -0.587. The van der Waals surface area contributed by atoms with Crippen molar-refractivity contribution < 1.29 is 9.84 Å². The summed E-state index contributed by atoms with van der Waals surface area (Å²) in [5.41, 5.74) is 1.64. The van der Waals surface area contributed by atoms with Gasteiger partial charge in [-0.2, -0.15) is 0 Å². The second-order valence-corrected chi connectivity index (χ2v) is 7.16. The quantitative estimate of drug-likeness (QED) is 0.857. The number of thiazole rings is 1. The third kappa shape index (κ3) is 3.85. The molecule has 0 fully saturated rings. The van der Waals surface area contributed by atoms with E-state index in [4.69, 9.17) is 4.74 Å². The Labute approximate surface area is 136 Å². The Bertz CT molecular complexity index is 618. The van der Waals surface area contributed by atoms with E-state index in [2.05, 4.69) is 31.1 Å². The molecule has 120 valence electrons. The molecule has 1 aromatic carbocycles. The molecule has 1 atom stereocenters. The second-order valence-electron chi connectivity index (χ2n) is 5.96. The first-order valence-electron chi connectivity index (χ1n) is 7.35. The van der Waals surface area contributed by atoms with Crippen molar-refractivity contribution in [3.8, 4) is 5.75 Å². The van der Waals surface area contributed by atoms with E-state index in [1.807, 2.05) is 31.2 Å². The third-order valence-electron chi connectivity index (χ3n) is 3.78. The van der Waals surface area contributed by atoms with Crippen LogP contribution in [0.1, 0.15) is 41.1 Å². The number of benzene rings is 1. The Morgan fingerprint density at radius 1 is 1.36 bits per heavy atom. The first kappa shape index (κ1) is 16.9. The third-order valence-corrected chi connectivity index (χ3v) is 5.18. The van der Waals surface area contributed by atoms with E-state index in [-0.39, 0.29) is 5.54 Å². The summed E-state index contributed by atoms with van der Waals surface area (Å²) >= 11 is 1.70. The highest BCUT2D eigenvalue weighted by Gasteiger charge is 2.25. The van der Waals surface area contributed by atoms with Gasteiger partial charge < -0.3 is 15.2 Å². The number of hydrogen-bond acceptors (Lipinski definition) is 5. The first-order chi connectivity index (χ1) is 10.3. The maximum absolute atomic E-state index is 10.4. The van der Waals surface area contributed by atoms with E-state index < -0.39 is 6.10 Å². The molecule has 0 aliphatic heterocycles. The first-order valence-corrected chi connectivity index (χ1v) is 8.16. The highest BCUT2D eigenvalue weighted by Crippen LogP contribution is 2.28. The SMILES string of the molecule is COc1cccc(C(O)CNC(C)(C)c2nc(C)c(C)s2)c1. The maximum Gasteiger partial charge on any atom is 0.119 e. The number of rotatable bonds is 6. The van der Waals surface area contributed by atoms with E-state index in [9.17, 15) is 5.11 Å². The number of methoxy groups -OCH3 is 1. The molecule has 4 nitrogen and oxygen atoms in total. The van der Waals surface area contributed by atoms with Crippen LogP contribution in [0.15, 0.2) is 24.3 Å². The summed E-state index contributed by atoms with van der Waals surface area (Å²) in [6.45, 7) is 8.73. The van der Waals surface area contributed by atoms with Crippen molar-refractivity contribution in [2.45, 2.75) is 39.3 Å². The molecular weight excluding hydrogens is 296 g/mol. The number of aromatic nitrogens is 1. The van der Waals surface area contributed by atoms with Gasteiger partial charge in [0.15, 0.2) is 0 Å². The van der Waals surface area contributed by atoms with Crippen LogP contribution in [0.2, 0.25) is 0 Å². The standard InChI is InChI=1S/C17H24N2O2S/c1-11-12(2)22-16(19-11)17(3,4)18-10-15(20)13-7-6-8-14(9-13)21-5/h6-9,15,18,20H,10H2,1-5H3. The summed E-state index contributed by atoms with van der Waals surface area (Å²) < 4.78 is 5.20. The van der Waals surface area contributed by atoms with Gasteiger partial charge in [-0.15, -0.1) is 11.3 Å². The Morgan fingerprint density at radius 3 is 2.68 bits per heavy atom. The molecule has 22 heavy (non-hydrogen) atoms. The van der Waals surface area contributed by atoms with Crippen molar-refractivity contribution in [2.24, 2.45) is 0 Å². The van der Waals surface area contributed by atoms with Gasteiger partial charge in [0.25, 0.3) is 0 Å². The molecule has 0 saturated carbocycles. The molecule has 0 aliphatic carbocycles. The van der Waals surface area contributed by atoms with Crippen LogP contribution in [-0.4, -0.2) is 23.7 Å². The molecule has 2 aromatic rings. The highest BCUT2D eigenvalue weighted by molar-refractivity contribution is 7.11. The van der Waals surface area contributed by atoms with E-state index in [0.717, 1.165) is 22.0 Å². The van der Waals surface area contributed by atoms with Crippen molar-refractivity contribution in [1.29, 1.82) is 0 Å². The summed E-state index contributed by atoms with van der Waals surface area (Å²) in [6.07, 6.45) is -0.587. The molecule has 1 heterocycles. The summed E-state index contributed by atoms with van der Waals surface area (Å²) in [5, 5.41) is 14.8. The Balaban J connectivity index is 2.04. The average molecular weight is 320 g/mol. The minimum absolute atomic E-state index is 0.274. The number of aliphatic hydroxyl groups excluding tert-OH is 1. The molecule has 0 aliphatic rings. The van der Waals surface area contributed by atoms with Crippen molar-refractivity contribution in [3.05, 3.63) is 45.4 Å². The summed E-state index contributed by atoms with van der Waals surface area (Å²) in [4.78, 5) is 5.85. The van der Waals surface area contributed by atoms with Gasteiger partial charge in [0.2, 0.25) is 0 Å². The largest absolute Gasteiger partial charge is 0.497 e. The summed E-state index contributed by atoms with van der Waals surface area (Å²) in [7, 11) is 1.62. The van der Waals surface area contributed by atoms with E-state index >= 15 is 0 Å². The zero-order chi connectivity index (χ0) is 16.3. The van der Waals surface area contributed by atoms with Crippen molar-refractivity contribution in [2.75, 3.05) is 13.7 Å². The monoisotopic (exact) mass is 320 g/mol. The van der Waals surface area contributed by atoms with Crippen LogP contribution in [0.3, 0.4) is 0 Å². The average Bonchev–Trinajstić information content (AvgIpc) is 2.85. The van der Waals surface area contributed by atoms with E-state index in [1.165, 1.54) is 4.88 Å². The Hall–Kier alpha value is -1.43. The van der Waals surface area contributed by atoms with Crippen LogP contribution in [-0.2, 0) is 5.54 Å². The smallest absolute Gasteiger partial charge is 0.119 e. The number of ether oxygens (including phenoxy) is 1. The van der Waals surface area contributed by atoms with Crippen LogP contribution in [0, 0.1) is 13.8 Å². The molecule has 2 N–H and O–H groups in total. The Morgan fingerprint density at radius 2 is 2.09 bits per heavy atom. The Kier molecular flexibility index (Phi) is 5.21. The molecule has 0 bridgehead atoms. The lowest BCUT2D eigenvalue weighted by Gasteiger charge is -2.26. The van der Waals surface area contributed by atoms with Gasteiger partial charge in [0.05, 0.1) is 24.4 Å². The topological polar surface area (TPSA) is 54.4 Å². The fourth-order valence-corrected chi connectivity index (χ4v) is 3.13. The number of nitrogens with one attached hydrogen (secondary N) is 1. The molecular formula is C17H24N2O2S. The van der Waals surface area contributed by atoms with Crippen molar-refractivity contribution >= 4 is 11.3 Å². The second kappa shape index (κ2) is 6.77. The predicted molar refractivity (Wildman–Crippen MR) is 90.6 cm³/mol. The zero-order valence-electron chi connectivity index (χ0n) is 13.8. The number of aryl methyl sites for hydroxylation is 2. The van der Waals surface area contributed by atoms with Gasteiger partial charge in [-0.1, -0.05) is 12.1 Å². The minimum Gasteiger partial charge on any atom is -0.497 e. The lowest BCUT2D eigenvalue weighted by molar-refractivity contribution is 0.160. The number of aliphatic hydroxyl groups is 1. The molecule has 0 saturated heterocycles. The molecule has 0 radical (unpaired) electrons. The van der Waals surface area contributed by atoms with Crippen molar-refractivity contribution in [1.82, 2.24) is 10.3 Å². The van der Waals surface area contributed by atoms with Gasteiger partial charge >= 0.3 is 0 Å². The van der Waals surface area contributed by atoms with Gasteiger partial charge in [0.1, 0.15) is 10.8 Å². The summed E-state index contributed by atoms with van der Waals surface area (Å²) in [5.74, 6) is 0.752. The van der Waals surface area contributed by atoms with Crippen LogP contribution < -0.4 is 10.1 Å². The molecule has 0 spiro atoms. The fourth-order valence-electron chi connectivity index (χ4n) is 2.13. The number of hydrogen-bond donors (Lipinski definition) is 2. The van der Waals surface area contributed by atoms with Gasteiger partial charge in [0, 0.05) is 11.4 Å². The molecule has 5 heteroatoms. The van der Waals surface area contributed by atoms with E-state index in [0.29, 0.717) is 6.54 Å². The number of nitrogens with zero attached hydrogens (tertiary/aromatic N) is 1. The summed E-state index contributed by atoms with van der Waals surface area (Å²) in [6, 6.07) is 7.52. The molecule has 2 rings (SSSR count). The fraction of sp³-hybridized carbons (Fsp3) is 0.471. The van der Waals surface area contributed by atoms with Crippen LogP contribution >= 0.6 is 11.3 Å². The molecule has 0 amide bonds. The predicted octanol–water partition coefficient (Wildman–Crippen LogP) is 3.33. The van der Waals surface area contributed by atoms with Crippen LogP contribution in [0.25, 0.3) is 0 Å². The van der Waals surface area contributed by atoms with Gasteiger partial charge in [-0.3, -0.25) is 0 Å². The van der Waals surface area contributed by atoms with Crippen LogP contribution in [0.5, 0.6) is 5.75 Å². The molecule has 1 aromatic heterocycles. The normalized spacial score (nSPS) is 13.2. The lowest BCUT2D eigenvalue weighted by Crippen LogP contribution is -2.39. The lowest BCUT2D eigenvalue weighted by atomic mass is 10.0. The van der Waals surface area contributed by atoms with E-state index in [1.54, 1.807) is 18.4 Å². The highest BCUT2D eigenvalue weighted by atomic mass is 32.1.